The van der Waals surface area contributed by atoms with Crippen LogP contribution in [0.25, 0.3) is 0 Å². The molecule has 22 heavy (non-hydrogen) atoms. The maximum absolute atomic E-state index is 8.95. The average Bonchev–Trinajstić information content (AvgIpc) is 2.54. The van der Waals surface area contributed by atoms with Gasteiger partial charge in [-0.2, -0.15) is 0 Å². The van der Waals surface area contributed by atoms with Crippen LogP contribution < -0.4 is 10.6 Å². The summed E-state index contributed by atoms with van der Waals surface area (Å²) in [5, 5.41) is 23.1. The number of aliphatic hydroxyl groups excluding tert-OH is 2. The summed E-state index contributed by atoms with van der Waals surface area (Å²) in [7, 11) is 0. The summed E-state index contributed by atoms with van der Waals surface area (Å²) in [6, 6.07) is 1.74. The number of hydrogen-bond acceptors (Lipinski definition) is 8. The number of anilines is 2. The number of nitrogens with zero attached hydrogens (tertiary/aromatic N) is 4. The van der Waals surface area contributed by atoms with Crippen LogP contribution in [0.15, 0.2) is 30.9 Å². The fourth-order valence-corrected chi connectivity index (χ4v) is 1.28. The molecule has 0 aliphatic heterocycles. The Bertz CT molecular complexity index is 507. The molecule has 2 rings (SSSR count). The van der Waals surface area contributed by atoms with Gasteiger partial charge in [-0.3, -0.25) is 0 Å². The van der Waals surface area contributed by atoms with Crippen molar-refractivity contribution in [1.82, 2.24) is 19.9 Å². The molecule has 8 heteroatoms. The molecule has 4 N–H and O–H groups in total. The van der Waals surface area contributed by atoms with E-state index < -0.39 is 0 Å². The van der Waals surface area contributed by atoms with Crippen LogP contribution in [-0.4, -0.2) is 55.9 Å². The van der Waals surface area contributed by atoms with Gasteiger partial charge in [0.25, 0.3) is 0 Å². The van der Waals surface area contributed by atoms with Crippen molar-refractivity contribution in [2.45, 2.75) is 20.0 Å². The van der Waals surface area contributed by atoms with Crippen LogP contribution in [0.4, 0.5) is 11.9 Å². The monoisotopic (exact) mass is 306 g/mol. The van der Waals surface area contributed by atoms with Crippen molar-refractivity contribution in [1.29, 1.82) is 0 Å². The highest BCUT2D eigenvalue weighted by Gasteiger charge is 1.97. The van der Waals surface area contributed by atoms with Crippen LogP contribution in [0, 0.1) is 6.92 Å². The van der Waals surface area contributed by atoms with Crippen molar-refractivity contribution < 1.29 is 10.2 Å². The highest BCUT2D eigenvalue weighted by molar-refractivity contribution is 5.24. The quantitative estimate of drug-likeness (QED) is 0.608. The molecule has 2 heterocycles. The minimum absolute atomic E-state index is 0.0955. The predicted molar refractivity (Wildman–Crippen MR) is 84.5 cm³/mol. The van der Waals surface area contributed by atoms with E-state index in [0.717, 1.165) is 5.56 Å². The summed E-state index contributed by atoms with van der Waals surface area (Å²) < 4.78 is 0. The molecule has 0 unspecified atom stereocenters. The van der Waals surface area contributed by atoms with E-state index in [9.17, 15) is 0 Å². The van der Waals surface area contributed by atoms with Gasteiger partial charge >= 0.3 is 0 Å². The lowest BCUT2D eigenvalue weighted by molar-refractivity contribution is 0.208. The smallest absolute Gasteiger partial charge is 0.222 e. The zero-order valence-corrected chi connectivity index (χ0v) is 12.8. The van der Waals surface area contributed by atoms with Crippen LogP contribution in [0.3, 0.4) is 0 Å². The minimum Gasteiger partial charge on any atom is -0.395 e. The van der Waals surface area contributed by atoms with Crippen LogP contribution in [0.1, 0.15) is 12.5 Å². The summed E-state index contributed by atoms with van der Waals surface area (Å²) >= 11 is 0. The van der Waals surface area contributed by atoms with Gasteiger partial charge in [-0.05, 0) is 25.5 Å². The molecule has 0 bridgehead atoms. The third kappa shape index (κ3) is 8.08. The summed E-state index contributed by atoms with van der Waals surface area (Å²) in [4.78, 5) is 15.8. The summed E-state index contributed by atoms with van der Waals surface area (Å²) in [6.07, 6.45) is 6.38. The minimum atomic E-state index is -0.380. The Hall–Kier alpha value is -2.32. The van der Waals surface area contributed by atoms with Crippen molar-refractivity contribution in [2.24, 2.45) is 0 Å². The second-order valence-corrected chi connectivity index (χ2v) is 4.54. The molecule has 0 saturated carbocycles. The summed E-state index contributed by atoms with van der Waals surface area (Å²) in [6.45, 7) is 4.70. The third-order valence-electron chi connectivity index (χ3n) is 2.30. The molecular weight excluding hydrogens is 284 g/mol. The highest BCUT2D eigenvalue weighted by atomic mass is 16.3. The molecule has 0 aliphatic carbocycles. The van der Waals surface area contributed by atoms with Crippen LogP contribution in [-0.2, 0) is 0 Å². The standard InChI is InChI=1S/C8H13N3O.C6H9N3O/c1-6-3-9-8(10-4-6)11-5-7(2)12;10-5-4-9-6-7-2-1-3-8-6/h3-4,7,12H,5H2,1-2H3,(H,9,10,11);1-3,10H,4-5H2,(H,7,8,9)/t7-;/m0./s1. The molecule has 0 saturated heterocycles. The van der Waals surface area contributed by atoms with E-state index >= 15 is 0 Å². The number of hydrogen-bond donors (Lipinski definition) is 4. The molecule has 2 aromatic rings. The average molecular weight is 306 g/mol. The van der Waals surface area contributed by atoms with Crippen molar-refractivity contribution in [3.05, 3.63) is 36.4 Å². The molecule has 0 fully saturated rings. The molecule has 120 valence electrons. The van der Waals surface area contributed by atoms with Gasteiger partial charge < -0.3 is 20.8 Å². The van der Waals surface area contributed by atoms with E-state index in [1.165, 1.54) is 0 Å². The molecule has 2 aromatic heterocycles. The molecule has 0 aliphatic rings. The molecular formula is C14H22N6O2. The van der Waals surface area contributed by atoms with Gasteiger partial charge in [-0.25, -0.2) is 19.9 Å². The largest absolute Gasteiger partial charge is 0.395 e. The van der Waals surface area contributed by atoms with Crippen molar-refractivity contribution in [3.63, 3.8) is 0 Å². The van der Waals surface area contributed by atoms with Crippen LogP contribution >= 0.6 is 0 Å². The van der Waals surface area contributed by atoms with Gasteiger partial charge in [0, 0.05) is 37.9 Å². The van der Waals surface area contributed by atoms with Gasteiger partial charge in [-0.1, -0.05) is 0 Å². The van der Waals surface area contributed by atoms with Gasteiger partial charge in [0.15, 0.2) is 0 Å². The van der Waals surface area contributed by atoms with E-state index in [1.54, 1.807) is 37.8 Å². The first-order chi connectivity index (χ1) is 10.6. The molecule has 0 aromatic carbocycles. The lowest BCUT2D eigenvalue weighted by Crippen LogP contribution is -2.16. The second-order valence-electron chi connectivity index (χ2n) is 4.54. The van der Waals surface area contributed by atoms with E-state index in [-0.39, 0.29) is 12.7 Å². The first-order valence-electron chi connectivity index (χ1n) is 6.94. The van der Waals surface area contributed by atoms with Gasteiger partial charge in [0.1, 0.15) is 0 Å². The van der Waals surface area contributed by atoms with Gasteiger partial charge in [0.05, 0.1) is 12.7 Å². The normalized spacial score (nSPS) is 11.1. The number of nitrogens with one attached hydrogen (secondary N) is 2. The van der Waals surface area contributed by atoms with Crippen molar-refractivity contribution in [3.8, 4) is 0 Å². The van der Waals surface area contributed by atoms with E-state index in [2.05, 4.69) is 30.6 Å². The molecule has 0 radical (unpaired) electrons. The van der Waals surface area contributed by atoms with Crippen molar-refractivity contribution >= 4 is 11.9 Å². The molecule has 8 nitrogen and oxygen atoms in total. The fraction of sp³-hybridized carbons (Fsp3) is 0.429. The Labute approximate surface area is 129 Å². The third-order valence-corrected chi connectivity index (χ3v) is 2.30. The Morgan fingerprint density at radius 3 is 2.18 bits per heavy atom. The lowest BCUT2D eigenvalue weighted by Gasteiger charge is -2.05. The van der Waals surface area contributed by atoms with Crippen LogP contribution in [0.5, 0.6) is 0 Å². The van der Waals surface area contributed by atoms with Crippen LogP contribution in [0.2, 0.25) is 0 Å². The SMILES string of the molecule is Cc1cnc(NC[C@H](C)O)nc1.OCCNc1ncccn1. The number of aromatic nitrogens is 4. The first kappa shape index (κ1) is 17.7. The Kier molecular flexibility index (Phi) is 8.39. The Morgan fingerprint density at radius 1 is 1.05 bits per heavy atom. The maximum Gasteiger partial charge on any atom is 0.222 e. The first-order valence-corrected chi connectivity index (χ1v) is 6.94. The number of aliphatic hydroxyl groups is 2. The summed E-state index contributed by atoms with van der Waals surface area (Å²) in [5.74, 6) is 1.11. The zero-order chi connectivity index (χ0) is 16.2. The molecule has 0 amide bonds. The zero-order valence-electron chi connectivity index (χ0n) is 12.8. The van der Waals surface area contributed by atoms with E-state index in [0.29, 0.717) is 25.0 Å². The van der Waals surface area contributed by atoms with E-state index in [4.69, 9.17) is 10.2 Å². The lowest BCUT2D eigenvalue weighted by atomic mass is 10.4. The van der Waals surface area contributed by atoms with Gasteiger partial charge in [-0.15, -0.1) is 0 Å². The number of rotatable bonds is 6. The highest BCUT2D eigenvalue weighted by Crippen LogP contribution is 1.98. The predicted octanol–water partition coefficient (Wildman–Crippen LogP) is 0.459. The van der Waals surface area contributed by atoms with E-state index in [1.807, 2.05) is 6.92 Å². The fourth-order valence-electron chi connectivity index (χ4n) is 1.28. The number of aryl methyl sites for hydroxylation is 1. The molecule has 1 atom stereocenters. The molecule has 0 spiro atoms. The van der Waals surface area contributed by atoms with Gasteiger partial charge in [0.2, 0.25) is 11.9 Å². The Morgan fingerprint density at radius 2 is 1.64 bits per heavy atom. The second kappa shape index (κ2) is 10.4. The topological polar surface area (TPSA) is 116 Å². The Balaban J connectivity index is 0.000000224. The summed E-state index contributed by atoms with van der Waals surface area (Å²) in [5.41, 5.74) is 1.03. The maximum atomic E-state index is 8.95. The van der Waals surface area contributed by atoms with Crippen molar-refractivity contribution in [2.75, 3.05) is 30.3 Å².